The molecule has 10 N–H and O–H groups in total. The number of nitriles is 1. The van der Waals surface area contributed by atoms with Gasteiger partial charge in [-0.05, 0) is 86.8 Å². The molecule has 2 saturated heterocycles. The van der Waals surface area contributed by atoms with Crippen LogP contribution < -0.4 is 47.1 Å². The van der Waals surface area contributed by atoms with Crippen LogP contribution in [0.5, 0.6) is 11.5 Å². The zero-order valence-electron chi connectivity index (χ0n) is 37.6. The number of carbonyl (C=O) groups excluding carboxylic acids is 7. The highest BCUT2D eigenvalue weighted by Crippen LogP contribution is 2.27. The molecule has 7 amide bonds. The second-order valence-electron chi connectivity index (χ2n) is 17.2. The van der Waals surface area contributed by atoms with E-state index < -0.39 is 53.7 Å². The quantitative estimate of drug-likeness (QED) is 0.0663. The van der Waals surface area contributed by atoms with E-state index in [9.17, 15) is 38.8 Å². The summed E-state index contributed by atoms with van der Waals surface area (Å²) in [5.41, 5.74) is 7.55. The number of rotatable bonds is 19. The lowest BCUT2D eigenvalue weighted by atomic mass is 9.97. The van der Waals surface area contributed by atoms with Crippen molar-refractivity contribution in [1.29, 1.82) is 5.26 Å². The van der Waals surface area contributed by atoms with Crippen molar-refractivity contribution in [3.63, 3.8) is 0 Å². The van der Waals surface area contributed by atoms with Gasteiger partial charge in [-0.2, -0.15) is 5.26 Å². The van der Waals surface area contributed by atoms with Gasteiger partial charge in [-0.15, -0.1) is 0 Å². The Kier molecular flexibility index (Phi) is 16.9. The molecule has 2 aliphatic heterocycles. The molecule has 4 aromatic rings. The molecule has 2 aliphatic rings. The maximum Gasteiger partial charge on any atom is 0.268 e. The van der Waals surface area contributed by atoms with Crippen LogP contribution in [-0.2, 0) is 24.0 Å². The molecule has 65 heavy (non-hydrogen) atoms. The molecular weight excluding hydrogens is 837 g/mol. The Morgan fingerprint density at radius 2 is 1.14 bits per heavy atom. The summed E-state index contributed by atoms with van der Waals surface area (Å²) >= 11 is 0. The molecule has 19 nitrogen and oxygen atoms in total. The van der Waals surface area contributed by atoms with Gasteiger partial charge in [-0.25, -0.2) is 0 Å². The lowest BCUT2D eigenvalue weighted by molar-refractivity contribution is -0.130. The number of carbonyl (C=O) groups is 7. The van der Waals surface area contributed by atoms with Gasteiger partial charge >= 0.3 is 0 Å². The Labute approximate surface area is 377 Å². The number of aromatic nitrogens is 2. The lowest BCUT2D eigenvalue weighted by Gasteiger charge is -2.24. The Balaban J connectivity index is 0.000000244. The average Bonchev–Trinajstić information content (AvgIpc) is 4.09. The highest BCUT2D eigenvalue weighted by molar-refractivity contribution is 6.03. The summed E-state index contributed by atoms with van der Waals surface area (Å²) in [7, 11) is 3.11. The van der Waals surface area contributed by atoms with Gasteiger partial charge in [-0.1, -0.05) is 39.8 Å². The molecule has 4 heterocycles. The molecule has 2 fully saturated rings. The molecule has 2 aromatic heterocycles. The second-order valence-corrected chi connectivity index (χ2v) is 17.2. The molecule has 0 radical (unpaired) electrons. The maximum atomic E-state index is 13.0. The van der Waals surface area contributed by atoms with E-state index in [1.165, 1.54) is 0 Å². The number of aromatic amines is 2. The fourth-order valence-electron chi connectivity index (χ4n) is 7.98. The van der Waals surface area contributed by atoms with Crippen molar-refractivity contribution < 1.29 is 43.0 Å². The van der Waals surface area contributed by atoms with Gasteiger partial charge in [0, 0.05) is 46.7 Å². The first-order valence-corrected chi connectivity index (χ1v) is 21.8. The van der Waals surface area contributed by atoms with E-state index in [4.69, 9.17) is 15.2 Å². The fraction of sp³-hybridized carbons (Fsp3) is 0.478. The van der Waals surface area contributed by atoms with Crippen molar-refractivity contribution in [2.75, 3.05) is 27.3 Å². The first-order valence-electron chi connectivity index (χ1n) is 21.8. The number of methoxy groups -OCH3 is 2. The number of hydrogen-bond donors (Lipinski definition) is 9. The Hall–Kier alpha value is -7.10. The van der Waals surface area contributed by atoms with Gasteiger partial charge in [0.15, 0.2) is 0 Å². The second kappa shape index (κ2) is 22.5. The first-order chi connectivity index (χ1) is 31.0. The third-order valence-electron chi connectivity index (χ3n) is 11.3. The molecule has 6 atom stereocenters. The van der Waals surface area contributed by atoms with Crippen molar-refractivity contribution in [3.05, 3.63) is 59.9 Å². The summed E-state index contributed by atoms with van der Waals surface area (Å²) in [6, 6.07) is 12.8. The summed E-state index contributed by atoms with van der Waals surface area (Å²) < 4.78 is 10.7. The van der Waals surface area contributed by atoms with Gasteiger partial charge < -0.3 is 57.1 Å². The number of H-pyrrole nitrogens is 2. The van der Waals surface area contributed by atoms with E-state index >= 15 is 0 Å². The largest absolute Gasteiger partial charge is 0.496 e. The standard InChI is InChI=1S/C23H31N5O5.C23H29N5O4/c1-12(2)9-17(22(31)27-16(20(24)29)10-13-7-8-25-21(13)30)28-23(32)18-11-14-15(26-18)5-4-6-19(14)33-3;1-13(2)9-18(22(30)26-15(12-24)10-14-7-8-25-21(14)29)28-23(31)19-11-16-17(27-19)5-4-6-20(16)32-3/h4-6,11-13,16-17,26H,7-10H2,1-3H3,(H2,24,29)(H,25,30)(H,27,31)(H,28,32);4-6,11,13-15,18,27H,7-10H2,1-3H3,(H,25,29)(H,26,30)(H,28,31)/t13-,16-,17-;14-,15-,18-/m00/s1. The van der Waals surface area contributed by atoms with Crippen LogP contribution in [0.15, 0.2) is 48.5 Å². The molecule has 2 aromatic carbocycles. The molecule has 19 heteroatoms. The van der Waals surface area contributed by atoms with Crippen LogP contribution in [0.3, 0.4) is 0 Å². The van der Waals surface area contributed by atoms with Gasteiger partial charge in [0.05, 0.1) is 20.3 Å². The molecule has 0 spiro atoms. The lowest BCUT2D eigenvalue weighted by Crippen LogP contribution is -2.54. The van der Waals surface area contributed by atoms with Crippen LogP contribution >= 0.6 is 0 Å². The van der Waals surface area contributed by atoms with Crippen LogP contribution in [-0.4, -0.2) is 103 Å². The van der Waals surface area contributed by atoms with Gasteiger partial charge in [0.1, 0.15) is 47.1 Å². The van der Waals surface area contributed by atoms with Crippen molar-refractivity contribution in [2.45, 2.75) is 90.4 Å². The first kappa shape index (κ1) is 48.9. The molecule has 0 bridgehead atoms. The predicted molar refractivity (Wildman–Crippen MR) is 241 cm³/mol. The number of fused-ring (bicyclic) bond motifs is 2. The average molecular weight is 897 g/mol. The molecule has 348 valence electrons. The monoisotopic (exact) mass is 896 g/mol. The SMILES string of the molecule is COc1cccc2[nH]c(C(=O)N[C@@H](CC(C)C)C(=O)N[C@@H](C[C@@H]3CCNC3=O)C(N)=O)cc12.COc1cccc2[nH]c(C(=O)N[C@@H](CC(C)C)C(=O)N[C@H](C#N)C[C@@H]3CCNC3=O)cc12. The minimum absolute atomic E-state index is 0.0940. The summed E-state index contributed by atoms with van der Waals surface area (Å²) in [5.74, 6) is -2.00. The number of nitrogens with one attached hydrogen (secondary N) is 8. The number of benzene rings is 2. The Morgan fingerprint density at radius 1 is 0.692 bits per heavy atom. The van der Waals surface area contributed by atoms with Crippen LogP contribution in [0.1, 0.15) is 87.2 Å². The number of nitrogens with zero attached hydrogens (tertiary/aromatic N) is 1. The molecule has 6 rings (SSSR count). The predicted octanol–water partition coefficient (Wildman–Crippen LogP) is 2.67. The van der Waals surface area contributed by atoms with Crippen LogP contribution in [0.4, 0.5) is 0 Å². The summed E-state index contributed by atoms with van der Waals surface area (Å²) in [6.07, 6.45) is 2.35. The van der Waals surface area contributed by atoms with E-state index in [0.717, 1.165) is 21.8 Å². The Bertz CT molecular complexity index is 2420. The molecule has 0 unspecified atom stereocenters. The van der Waals surface area contributed by atoms with Crippen LogP contribution in [0.2, 0.25) is 0 Å². The Morgan fingerprint density at radius 3 is 1.52 bits per heavy atom. The number of ether oxygens (including phenoxy) is 2. The van der Waals surface area contributed by atoms with E-state index in [0.29, 0.717) is 56.0 Å². The zero-order chi connectivity index (χ0) is 47.4. The van der Waals surface area contributed by atoms with Crippen LogP contribution in [0.25, 0.3) is 21.8 Å². The summed E-state index contributed by atoms with van der Waals surface area (Å²) in [6.45, 7) is 8.86. The number of primary amides is 1. The molecular formula is C46H60N10O9. The normalized spacial score (nSPS) is 17.5. The fourth-order valence-corrected chi connectivity index (χ4v) is 7.98. The van der Waals surface area contributed by atoms with Gasteiger partial charge in [0.25, 0.3) is 11.8 Å². The number of amides is 7. The maximum absolute atomic E-state index is 13.0. The highest BCUT2D eigenvalue weighted by Gasteiger charge is 2.33. The summed E-state index contributed by atoms with van der Waals surface area (Å²) in [4.78, 5) is 93.5. The van der Waals surface area contributed by atoms with E-state index in [1.807, 2.05) is 52.0 Å². The van der Waals surface area contributed by atoms with Crippen molar-refractivity contribution in [3.8, 4) is 17.6 Å². The molecule has 0 saturated carbocycles. The van der Waals surface area contributed by atoms with Crippen molar-refractivity contribution in [2.24, 2.45) is 29.4 Å². The third-order valence-corrected chi connectivity index (χ3v) is 11.3. The minimum Gasteiger partial charge on any atom is -0.496 e. The van der Waals surface area contributed by atoms with E-state index in [-0.39, 0.29) is 54.0 Å². The number of hydrogen-bond acceptors (Lipinski definition) is 10. The van der Waals surface area contributed by atoms with E-state index in [1.54, 1.807) is 38.5 Å². The third kappa shape index (κ3) is 13.0. The van der Waals surface area contributed by atoms with E-state index in [2.05, 4.69) is 47.9 Å². The van der Waals surface area contributed by atoms with Gasteiger partial charge in [-0.3, -0.25) is 33.6 Å². The number of nitrogens with two attached hydrogens (primary N) is 1. The molecule has 0 aliphatic carbocycles. The smallest absolute Gasteiger partial charge is 0.268 e. The minimum atomic E-state index is -1.00. The topological polar surface area (TPSA) is 292 Å². The van der Waals surface area contributed by atoms with Crippen LogP contribution in [0, 0.1) is 35.0 Å². The highest BCUT2D eigenvalue weighted by atomic mass is 16.5. The van der Waals surface area contributed by atoms with Gasteiger partial charge in [0.2, 0.25) is 29.5 Å². The zero-order valence-corrected chi connectivity index (χ0v) is 37.6. The van der Waals surface area contributed by atoms with Crippen molar-refractivity contribution in [1.82, 2.24) is 41.9 Å². The van der Waals surface area contributed by atoms with Crippen molar-refractivity contribution >= 4 is 63.2 Å². The summed E-state index contributed by atoms with van der Waals surface area (Å²) in [5, 5.41) is 27.3.